The van der Waals surface area contributed by atoms with E-state index in [0.29, 0.717) is 5.56 Å². The number of allylic oxidation sites excluding steroid dienone is 2. The van der Waals surface area contributed by atoms with Gasteiger partial charge >= 0.3 is 5.69 Å². The highest BCUT2D eigenvalue weighted by Gasteiger charge is 2.40. The summed E-state index contributed by atoms with van der Waals surface area (Å²) in [7, 11) is 2.67. The number of nitrogens with zero attached hydrogens (tertiary/aromatic N) is 2. The summed E-state index contributed by atoms with van der Waals surface area (Å²) in [5.41, 5.74) is -1.22. The van der Waals surface area contributed by atoms with Gasteiger partial charge in [-0.3, -0.25) is 18.7 Å². The average Bonchev–Trinajstić information content (AvgIpc) is 2.63. The van der Waals surface area contributed by atoms with Crippen molar-refractivity contribution in [2.24, 2.45) is 19.5 Å². The van der Waals surface area contributed by atoms with Gasteiger partial charge in [-0.25, -0.2) is 4.79 Å². The molecule has 0 saturated carbocycles. The minimum absolute atomic E-state index is 0.0922. The second-order valence-electron chi connectivity index (χ2n) is 8.09. The fourth-order valence-corrected chi connectivity index (χ4v) is 3.86. The average molecular weight is 384 g/mol. The predicted octanol–water partition coefficient (Wildman–Crippen LogP) is 2.12. The number of aromatic hydroxyl groups is 1. The second kappa shape index (κ2) is 6.82. The van der Waals surface area contributed by atoms with E-state index in [2.05, 4.69) is 0 Å². The summed E-state index contributed by atoms with van der Waals surface area (Å²) in [6.07, 6.45) is 0.493. The first-order chi connectivity index (χ1) is 13.0. The molecule has 1 aromatic heterocycles. The van der Waals surface area contributed by atoms with Crippen LogP contribution >= 0.6 is 0 Å². The van der Waals surface area contributed by atoms with Gasteiger partial charge in [0.15, 0.2) is 5.78 Å². The van der Waals surface area contributed by atoms with Gasteiger partial charge in [-0.05, 0) is 11.0 Å². The molecule has 0 amide bonds. The maximum absolute atomic E-state index is 13.0. The predicted molar refractivity (Wildman–Crippen MR) is 105 cm³/mol. The zero-order valence-electron chi connectivity index (χ0n) is 16.4. The van der Waals surface area contributed by atoms with Crippen molar-refractivity contribution in [2.75, 3.05) is 0 Å². The fraction of sp³-hybridized carbons (Fsp3) is 0.381. The van der Waals surface area contributed by atoms with Crippen LogP contribution in [0, 0.1) is 5.41 Å². The highest BCUT2D eigenvalue weighted by molar-refractivity contribution is 5.99. The number of Topliss-reactive ketones (excluding diaryl/α,β-unsaturated/α-hetero) is 1. The van der Waals surface area contributed by atoms with E-state index >= 15 is 0 Å². The van der Waals surface area contributed by atoms with Crippen molar-refractivity contribution in [3.8, 4) is 5.88 Å². The largest absolute Gasteiger partial charge is 0.512 e. The lowest BCUT2D eigenvalue weighted by Crippen LogP contribution is -2.40. The molecule has 0 radical (unpaired) electrons. The highest BCUT2D eigenvalue weighted by Crippen LogP contribution is 2.43. The molecule has 1 heterocycles. The van der Waals surface area contributed by atoms with Gasteiger partial charge in [0.2, 0.25) is 5.88 Å². The van der Waals surface area contributed by atoms with Crippen LogP contribution in [-0.4, -0.2) is 25.1 Å². The summed E-state index contributed by atoms with van der Waals surface area (Å²) in [4.78, 5) is 38.1. The maximum atomic E-state index is 13.0. The molecule has 0 fully saturated rings. The van der Waals surface area contributed by atoms with Crippen LogP contribution < -0.4 is 11.2 Å². The standard InChI is InChI=1S/C21H24N2O5/c1-21(2)10-13(24)16(14(25)11-21)15(12-8-6-5-7-9-12)17-18(26)22(3)20(28)23(4)19(17)27/h5-9,15,24,26H,10-11H2,1-4H3. The van der Waals surface area contributed by atoms with Gasteiger partial charge in [-0.1, -0.05) is 44.2 Å². The van der Waals surface area contributed by atoms with E-state index in [1.54, 1.807) is 30.3 Å². The van der Waals surface area contributed by atoms with E-state index in [1.807, 2.05) is 13.8 Å². The van der Waals surface area contributed by atoms with Gasteiger partial charge in [0.25, 0.3) is 5.56 Å². The zero-order chi connectivity index (χ0) is 20.8. The van der Waals surface area contributed by atoms with E-state index < -0.39 is 28.5 Å². The number of aliphatic hydroxyl groups excluding tert-OH is 1. The van der Waals surface area contributed by atoms with Gasteiger partial charge in [0, 0.05) is 32.5 Å². The van der Waals surface area contributed by atoms with Crippen LogP contribution in [0.25, 0.3) is 0 Å². The van der Waals surface area contributed by atoms with Crippen molar-refractivity contribution >= 4 is 5.78 Å². The van der Waals surface area contributed by atoms with Gasteiger partial charge in [-0.2, -0.15) is 0 Å². The highest BCUT2D eigenvalue weighted by atomic mass is 16.3. The van der Waals surface area contributed by atoms with Crippen LogP contribution in [0.2, 0.25) is 0 Å². The van der Waals surface area contributed by atoms with Crippen molar-refractivity contribution in [2.45, 2.75) is 32.6 Å². The Hall–Kier alpha value is -3.09. The minimum atomic E-state index is -0.977. The van der Waals surface area contributed by atoms with Crippen molar-refractivity contribution in [3.05, 3.63) is 73.6 Å². The number of aliphatic hydroxyl groups is 1. The Balaban J connectivity index is 2.39. The maximum Gasteiger partial charge on any atom is 0.333 e. The molecule has 1 unspecified atom stereocenters. The third-order valence-corrected chi connectivity index (χ3v) is 5.27. The molecule has 0 aliphatic heterocycles. The molecule has 7 nitrogen and oxygen atoms in total. The van der Waals surface area contributed by atoms with Crippen molar-refractivity contribution in [1.29, 1.82) is 0 Å². The van der Waals surface area contributed by atoms with Crippen molar-refractivity contribution < 1.29 is 15.0 Å². The van der Waals surface area contributed by atoms with Crippen LogP contribution in [0.15, 0.2) is 51.3 Å². The molecular weight excluding hydrogens is 360 g/mol. The summed E-state index contributed by atoms with van der Waals surface area (Å²) in [5.74, 6) is -1.86. The summed E-state index contributed by atoms with van der Waals surface area (Å²) in [5, 5.41) is 21.4. The molecule has 7 heteroatoms. The third-order valence-electron chi connectivity index (χ3n) is 5.27. The number of ketones is 1. The number of carbonyl (C=O) groups is 1. The molecule has 1 aromatic carbocycles. The van der Waals surface area contributed by atoms with Crippen LogP contribution in [0.5, 0.6) is 5.88 Å². The Bertz CT molecular complexity index is 1090. The normalized spacial score (nSPS) is 17.6. The van der Waals surface area contributed by atoms with Crippen LogP contribution in [0.4, 0.5) is 0 Å². The van der Waals surface area contributed by atoms with Gasteiger partial charge in [-0.15, -0.1) is 0 Å². The minimum Gasteiger partial charge on any atom is -0.512 e. The Morgan fingerprint density at radius 1 is 0.964 bits per heavy atom. The molecule has 1 aliphatic rings. The second-order valence-corrected chi connectivity index (χ2v) is 8.09. The molecule has 1 aliphatic carbocycles. The lowest BCUT2D eigenvalue weighted by atomic mass is 9.71. The summed E-state index contributed by atoms with van der Waals surface area (Å²) in [6, 6.07) is 8.74. The van der Waals surface area contributed by atoms with Gasteiger partial charge < -0.3 is 10.2 Å². The van der Waals surface area contributed by atoms with Gasteiger partial charge in [0.1, 0.15) is 5.76 Å². The smallest absolute Gasteiger partial charge is 0.333 e. The third kappa shape index (κ3) is 3.17. The molecule has 0 saturated heterocycles. The van der Waals surface area contributed by atoms with E-state index in [0.717, 1.165) is 9.13 Å². The number of rotatable bonds is 3. The van der Waals surface area contributed by atoms with Crippen LogP contribution in [0.3, 0.4) is 0 Å². The van der Waals surface area contributed by atoms with Gasteiger partial charge in [0.05, 0.1) is 11.5 Å². The molecule has 2 N–H and O–H groups in total. The summed E-state index contributed by atoms with van der Waals surface area (Å²) in [6.45, 7) is 3.77. The number of hydrogen-bond acceptors (Lipinski definition) is 5. The molecule has 3 rings (SSSR count). The number of aromatic nitrogens is 2. The monoisotopic (exact) mass is 384 g/mol. The molecule has 1 atom stereocenters. The summed E-state index contributed by atoms with van der Waals surface area (Å²) < 4.78 is 1.85. The molecule has 148 valence electrons. The number of hydrogen-bond donors (Lipinski definition) is 2. The SMILES string of the molecule is Cn1c(O)c(C(C2=C(O)CC(C)(C)CC2=O)c2ccccc2)c(=O)n(C)c1=O. The number of carbonyl (C=O) groups excluding carboxylic acids is 1. The molecule has 2 aromatic rings. The summed E-state index contributed by atoms with van der Waals surface area (Å²) >= 11 is 0. The van der Waals surface area contributed by atoms with E-state index in [4.69, 9.17) is 0 Å². The molecule has 28 heavy (non-hydrogen) atoms. The number of benzene rings is 1. The first-order valence-corrected chi connectivity index (χ1v) is 9.04. The first kappa shape index (κ1) is 19.7. The van der Waals surface area contributed by atoms with Crippen molar-refractivity contribution in [3.63, 3.8) is 0 Å². The van der Waals surface area contributed by atoms with E-state index in [1.165, 1.54) is 14.1 Å². The molecule has 0 bridgehead atoms. The quantitative estimate of drug-likeness (QED) is 0.844. The Kier molecular flexibility index (Phi) is 4.79. The Labute approximate surface area is 162 Å². The van der Waals surface area contributed by atoms with Crippen molar-refractivity contribution in [1.82, 2.24) is 9.13 Å². The zero-order valence-corrected chi connectivity index (χ0v) is 16.4. The van der Waals surface area contributed by atoms with E-state index in [-0.39, 0.29) is 35.5 Å². The Morgan fingerprint density at radius 3 is 2.14 bits per heavy atom. The fourth-order valence-electron chi connectivity index (χ4n) is 3.86. The first-order valence-electron chi connectivity index (χ1n) is 9.04. The topological polar surface area (TPSA) is 102 Å². The van der Waals surface area contributed by atoms with Crippen LogP contribution in [-0.2, 0) is 18.9 Å². The lowest BCUT2D eigenvalue weighted by Gasteiger charge is -2.33. The molecular formula is C21H24N2O5. The Morgan fingerprint density at radius 2 is 1.57 bits per heavy atom. The van der Waals surface area contributed by atoms with E-state index in [9.17, 15) is 24.6 Å². The molecule has 0 spiro atoms. The van der Waals surface area contributed by atoms with Crippen LogP contribution in [0.1, 0.15) is 43.7 Å². The lowest BCUT2D eigenvalue weighted by molar-refractivity contribution is -0.118.